The zero-order valence-electron chi connectivity index (χ0n) is 15.9. The Balaban J connectivity index is 1.45. The van der Waals surface area contributed by atoms with E-state index in [2.05, 4.69) is 33.4 Å². The van der Waals surface area contributed by atoms with Gasteiger partial charge in [0.2, 0.25) is 0 Å². The van der Waals surface area contributed by atoms with Gasteiger partial charge in [-0.15, -0.1) is 11.3 Å². The molecular formula is C20H22ClN5OS. The Morgan fingerprint density at radius 2 is 2.11 bits per heavy atom. The zero-order chi connectivity index (χ0) is 19.3. The van der Waals surface area contributed by atoms with Crippen LogP contribution in [0.5, 0.6) is 0 Å². The highest BCUT2D eigenvalue weighted by atomic mass is 35.5. The van der Waals surface area contributed by atoms with Gasteiger partial charge in [-0.25, -0.2) is 9.97 Å². The summed E-state index contributed by atoms with van der Waals surface area (Å²) >= 11 is 8.01. The molecule has 1 spiro atoms. The molecule has 28 heavy (non-hydrogen) atoms. The lowest BCUT2D eigenvalue weighted by molar-refractivity contribution is -0.0954. The fraction of sp³-hybridized carbons (Fsp3) is 0.450. The molecule has 3 atom stereocenters. The van der Waals surface area contributed by atoms with Crippen molar-refractivity contribution in [3.63, 3.8) is 0 Å². The van der Waals surface area contributed by atoms with Crippen LogP contribution in [0.2, 0.25) is 4.34 Å². The first-order valence-corrected chi connectivity index (χ1v) is 10.7. The van der Waals surface area contributed by atoms with Gasteiger partial charge in [-0.3, -0.25) is 4.68 Å². The number of nitrogens with zero attached hydrogens (tertiary/aromatic N) is 4. The minimum Gasteiger partial charge on any atom is -0.369 e. The number of hydrogen-bond acceptors (Lipinski definition) is 6. The normalized spacial score (nSPS) is 27.1. The third-order valence-corrected chi connectivity index (χ3v) is 7.13. The van der Waals surface area contributed by atoms with Gasteiger partial charge < -0.3 is 10.1 Å². The van der Waals surface area contributed by atoms with Crippen LogP contribution in [0.4, 0.5) is 0 Å². The summed E-state index contributed by atoms with van der Waals surface area (Å²) in [6.07, 6.45) is 10.3. The number of ether oxygens (including phenoxy) is 1. The molecule has 3 aromatic heterocycles. The van der Waals surface area contributed by atoms with E-state index in [0.29, 0.717) is 11.9 Å². The van der Waals surface area contributed by atoms with Crippen LogP contribution in [0, 0.1) is 0 Å². The number of hydrogen-bond donors (Lipinski definition) is 1. The van der Waals surface area contributed by atoms with Crippen LogP contribution in [0.1, 0.15) is 41.8 Å². The first kappa shape index (κ1) is 18.2. The number of rotatable bonds is 2. The lowest BCUT2D eigenvalue weighted by atomic mass is 9.78. The van der Waals surface area contributed by atoms with E-state index in [9.17, 15) is 0 Å². The van der Waals surface area contributed by atoms with Crippen LogP contribution in [0.3, 0.4) is 0 Å². The summed E-state index contributed by atoms with van der Waals surface area (Å²) in [6, 6.07) is 2.57. The van der Waals surface area contributed by atoms with E-state index >= 15 is 0 Å². The van der Waals surface area contributed by atoms with Crippen molar-refractivity contribution in [2.45, 2.75) is 43.9 Å². The van der Waals surface area contributed by atoms with Gasteiger partial charge in [0.25, 0.3) is 0 Å². The van der Waals surface area contributed by atoms with Gasteiger partial charge in [0.05, 0.1) is 22.7 Å². The molecule has 0 aromatic carbocycles. The number of aromatic nitrogens is 4. The molecule has 0 unspecified atom stereocenters. The summed E-state index contributed by atoms with van der Waals surface area (Å²) in [7, 11) is 1.89. The monoisotopic (exact) mass is 415 g/mol. The molecule has 1 N–H and O–H groups in total. The van der Waals surface area contributed by atoms with Crippen LogP contribution < -0.4 is 5.32 Å². The molecule has 0 radical (unpaired) electrons. The maximum Gasteiger partial charge on any atom is 0.162 e. The van der Waals surface area contributed by atoms with Crippen molar-refractivity contribution in [3.05, 3.63) is 51.2 Å². The Labute approximate surface area is 172 Å². The second kappa shape index (κ2) is 6.91. The molecule has 1 saturated heterocycles. The molecule has 5 heterocycles. The van der Waals surface area contributed by atoms with E-state index < -0.39 is 0 Å². The molecule has 0 amide bonds. The molecule has 8 heteroatoms. The van der Waals surface area contributed by atoms with E-state index in [1.807, 2.05) is 25.6 Å². The Morgan fingerprint density at radius 1 is 1.29 bits per heavy atom. The predicted molar refractivity (Wildman–Crippen MR) is 109 cm³/mol. The van der Waals surface area contributed by atoms with Crippen LogP contribution in [-0.2, 0) is 23.8 Å². The van der Waals surface area contributed by atoms with Crippen LogP contribution in [0.15, 0.2) is 30.9 Å². The van der Waals surface area contributed by atoms with E-state index in [1.165, 1.54) is 10.4 Å². The van der Waals surface area contributed by atoms with Gasteiger partial charge in [-0.2, -0.15) is 5.10 Å². The fourth-order valence-electron chi connectivity index (χ4n) is 4.48. The van der Waals surface area contributed by atoms with E-state index in [-0.39, 0.29) is 11.6 Å². The third-order valence-electron chi connectivity index (χ3n) is 5.64. The quantitative estimate of drug-likeness (QED) is 0.688. The number of aryl methyl sites for hydroxylation is 1. The number of halogens is 1. The van der Waals surface area contributed by atoms with Crippen molar-refractivity contribution in [2.75, 3.05) is 6.61 Å². The third kappa shape index (κ3) is 3.16. The Hall–Kier alpha value is -1.80. The highest BCUT2D eigenvalue weighted by Gasteiger charge is 2.46. The average Bonchev–Trinajstić information content (AvgIpc) is 3.27. The second-order valence-electron chi connectivity index (χ2n) is 7.77. The topological polar surface area (TPSA) is 64.9 Å². The van der Waals surface area contributed by atoms with Crippen molar-refractivity contribution in [3.8, 4) is 11.4 Å². The molecule has 1 fully saturated rings. The van der Waals surface area contributed by atoms with E-state index in [0.717, 1.165) is 41.3 Å². The Morgan fingerprint density at radius 3 is 2.86 bits per heavy atom. The molecule has 0 aliphatic carbocycles. The van der Waals surface area contributed by atoms with E-state index in [1.54, 1.807) is 22.2 Å². The second-order valence-corrected chi connectivity index (χ2v) is 9.45. The standard InChI is InChI=1S/C20H22ClN5OS/c1-12-6-20(18-13(3-4-27-20)5-17(21)28-18)7-16(25-12)14-8-22-19(23-9-14)15-10-24-26(2)11-15/h5,8-12,16,25H,3-4,6-7H2,1-2H3/t12-,16-,20-/m0/s1. The molecule has 0 saturated carbocycles. The maximum absolute atomic E-state index is 6.42. The largest absolute Gasteiger partial charge is 0.369 e. The molecule has 146 valence electrons. The van der Waals surface area contributed by atoms with Gasteiger partial charge in [-0.1, -0.05) is 11.6 Å². The summed E-state index contributed by atoms with van der Waals surface area (Å²) < 4.78 is 9.03. The molecule has 0 bridgehead atoms. The SMILES string of the molecule is C[C@H]1C[C@@]2(C[C@@H](c3cnc(-c4cnn(C)c4)nc3)N1)OCCc1cc(Cl)sc12. The average molecular weight is 416 g/mol. The fourth-order valence-corrected chi connectivity index (χ4v) is 5.94. The maximum atomic E-state index is 6.42. The first-order chi connectivity index (χ1) is 13.5. The molecule has 3 aromatic rings. The lowest BCUT2D eigenvalue weighted by Gasteiger charge is -2.46. The summed E-state index contributed by atoms with van der Waals surface area (Å²) in [5.41, 5.74) is 3.07. The molecule has 2 aliphatic rings. The number of thiophene rings is 1. The van der Waals surface area contributed by atoms with Crippen LogP contribution in [-0.4, -0.2) is 32.4 Å². The smallest absolute Gasteiger partial charge is 0.162 e. The summed E-state index contributed by atoms with van der Waals surface area (Å²) in [5, 5.41) is 7.89. The zero-order valence-corrected chi connectivity index (χ0v) is 17.4. The minimum atomic E-state index is -0.275. The summed E-state index contributed by atoms with van der Waals surface area (Å²) in [6.45, 7) is 2.96. The van der Waals surface area contributed by atoms with Gasteiger partial charge >= 0.3 is 0 Å². The van der Waals surface area contributed by atoms with Gasteiger partial charge in [-0.05, 0) is 31.4 Å². The van der Waals surface area contributed by atoms with Crippen LogP contribution in [0.25, 0.3) is 11.4 Å². The minimum absolute atomic E-state index is 0.138. The Kier molecular flexibility index (Phi) is 4.50. The lowest BCUT2D eigenvalue weighted by Crippen LogP contribution is -2.49. The Bertz CT molecular complexity index is 1000. The first-order valence-electron chi connectivity index (χ1n) is 9.52. The van der Waals surface area contributed by atoms with Gasteiger partial charge in [0.1, 0.15) is 5.60 Å². The van der Waals surface area contributed by atoms with E-state index in [4.69, 9.17) is 16.3 Å². The van der Waals surface area contributed by atoms with Gasteiger partial charge in [0, 0.05) is 54.6 Å². The van der Waals surface area contributed by atoms with Crippen molar-refractivity contribution >= 4 is 22.9 Å². The highest BCUT2D eigenvalue weighted by molar-refractivity contribution is 7.16. The number of nitrogens with one attached hydrogen (secondary N) is 1. The number of fused-ring (bicyclic) bond motifs is 2. The van der Waals surface area contributed by atoms with Crippen molar-refractivity contribution in [2.24, 2.45) is 7.05 Å². The van der Waals surface area contributed by atoms with Crippen molar-refractivity contribution in [1.29, 1.82) is 0 Å². The van der Waals surface area contributed by atoms with Crippen LogP contribution >= 0.6 is 22.9 Å². The van der Waals surface area contributed by atoms with Crippen molar-refractivity contribution < 1.29 is 4.74 Å². The highest BCUT2D eigenvalue weighted by Crippen LogP contribution is 2.49. The molecule has 5 rings (SSSR count). The predicted octanol–water partition coefficient (Wildman–Crippen LogP) is 3.87. The number of piperidine rings is 1. The van der Waals surface area contributed by atoms with Gasteiger partial charge in [0.15, 0.2) is 5.82 Å². The molecular weight excluding hydrogens is 394 g/mol. The summed E-state index contributed by atoms with van der Waals surface area (Å²) in [5.74, 6) is 0.691. The molecule has 6 nitrogen and oxygen atoms in total. The molecule has 2 aliphatic heterocycles. The van der Waals surface area contributed by atoms with Crippen molar-refractivity contribution in [1.82, 2.24) is 25.1 Å². The summed E-state index contributed by atoms with van der Waals surface area (Å²) in [4.78, 5) is 10.5.